The zero-order chi connectivity index (χ0) is 19.2. The molecule has 0 saturated carbocycles. The number of anilines is 1. The van der Waals surface area contributed by atoms with Crippen molar-refractivity contribution in [2.24, 2.45) is 0 Å². The van der Waals surface area contributed by atoms with Gasteiger partial charge in [-0.05, 0) is 31.5 Å². The summed E-state index contributed by atoms with van der Waals surface area (Å²) in [7, 11) is 0. The third-order valence-corrected chi connectivity index (χ3v) is 3.88. The van der Waals surface area contributed by atoms with Crippen molar-refractivity contribution in [3.8, 4) is 0 Å². The Kier molecular flexibility index (Phi) is 5.61. The van der Waals surface area contributed by atoms with Gasteiger partial charge in [0, 0.05) is 12.3 Å². The predicted molar refractivity (Wildman–Crippen MR) is 101 cm³/mol. The van der Waals surface area contributed by atoms with Crippen molar-refractivity contribution >= 4 is 17.7 Å². The van der Waals surface area contributed by atoms with E-state index in [1.165, 1.54) is 6.07 Å². The monoisotopic (exact) mass is 364 g/mol. The van der Waals surface area contributed by atoms with E-state index in [0.717, 1.165) is 5.56 Å². The maximum absolute atomic E-state index is 12.4. The lowest BCUT2D eigenvalue weighted by Gasteiger charge is -2.07. The first-order valence-corrected chi connectivity index (χ1v) is 8.60. The molecule has 0 saturated heterocycles. The molecular weight excluding hydrogens is 344 g/mol. The number of aromatic nitrogens is 3. The van der Waals surface area contributed by atoms with E-state index in [-0.39, 0.29) is 12.3 Å². The van der Waals surface area contributed by atoms with Crippen LogP contribution in [0.2, 0.25) is 0 Å². The molecule has 0 unspecified atom stereocenters. The smallest absolute Gasteiger partial charge is 0.339 e. The summed E-state index contributed by atoms with van der Waals surface area (Å²) in [6, 6.07) is 14.7. The summed E-state index contributed by atoms with van der Waals surface area (Å²) in [5.41, 5.74) is 2.11. The third kappa shape index (κ3) is 4.58. The quantitative estimate of drug-likeness (QED) is 0.680. The van der Waals surface area contributed by atoms with Gasteiger partial charge in [0.15, 0.2) is 5.82 Å². The Hall–Kier alpha value is -3.48. The molecule has 0 aliphatic rings. The SMILES string of the molecule is CCOC(=O)c1ccc(C(=O)Nc2ccn(Cc3ccccc3)n2)nc1C. The minimum Gasteiger partial charge on any atom is -0.462 e. The van der Waals surface area contributed by atoms with Crippen LogP contribution >= 0.6 is 0 Å². The van der Waals surface area contributed by atoms with Gasteiger partial charge < -0.3 is 10.1 Å². The molecule has 0 aliphatic carbocycles. The lowest BCUT2D eigenvalue weighted by Crippen LogP contribution is -2.16. The summed E-state index contributed by atoms with van der Waals surface area (Å²) in [5, 5.41) is 7.06. The number of nitrogens with zero attached hydrogens (tertiary/aromatic N) is 3. The van der Waals surface area contributed by atoms with Crippen molar-refractivity contribution in [2.75, 3.05) is 11.9 Å². The van der Waals surface area contributed by atoms with Crippen LogP contribution in [0.15, 0.2) is 54.7 Å². The molecule has 2 heterocycles. The highest BCUT2D eigenvalue weighted by Gasteiger charge is 2.15. The molecule has 0 fully saturated rings. The second-order valence-corrected chi connectivity index (χ2v) is 5.89. The Morgan fingerprint density at radius 3 is 2.59 bits per heavy atom. The van der Waals surface area contributed by atoms with E-state index in [0.29, 0.717) is 23.6 Å². The number of carbonyl (C=O) groups is 2. The second-order valence-electron chi connectivity index (χ2n) is 5.89. The molecule has 1 amide bonds. The van der Waals surface area contributed by atoms with E-state index in [1.807, 2.05) is 30.3 Å². The lowest BCUT2D eigenvalue weighted by molar-refractivity contribution is 0.0524. The van der Waals surface area contributed by atoms with Gasteiger partial charge in [-0.25, -0.2) is 9.78 Å². The number of ether oxygens (including phenoxy) is 1. The summed E-state index contributed by atoms with van der Waals surface area (Å²) in [6.45, 7) is 4.30. The largest absolute Gasteiger partial charge is 0.462 e. The van der Waals surface area contributed by atoms with Crippen LogP contribution in [0.5, 0.6) is 0 Å². The van der Waals surface area contributed by atoms with Crippen molar-refractivity contribution in [2.45, 2.75) is 20.4 Å². The van der Waals surface area contributed by atoms with Crippen LogP contribution in [0.3, 0.4) is 0 Å². The second kappa shape index (κ2) is 8.27. The Morgan fingerprint density at radius 1 is 1.11 bits per heavy atom. The standard InChI is InChI=1S/C20H20N4O3/c1-3-27-20(26)16-9-10-17(21-14(16)2)19(25)22-18-11-12-24(23-18)13-15-7-5-4-6-8-15/h4-12H,3,13H2,1-2H3,(H,22,23,25). The molecule has 0 radical (unpaired) electrons. The Labute approximate surface area is 157 Å². The third-order valence-electron chi connectivity index (χ3n) is 3.88. The first-order chi connectivity index (χ1) is 13.1. The van der Waals surface area contributed by atoms with Crippen LogP contribution in [0.25, 0.3) is 0 Å². The average Bonchev–Trinajstić information content (AvgIpc) is 3.09. The van der Waals surface area contributed by atoms with Crippen LogP contribution in [0.4, 0.5) is 5.82 Å². The Morgan fingerprint density at radius 2 is 1.89 bits per heavy atom. The summed E-state index contributed by atoms with van der Waals surface area (Å²) in [6.07, 6.45) is 1.80. The highest BCUT2D eigenvalue weighted by Crippen LogP contribution is 2.11. The van der Waals surface area contributed by atoms with Gasteiger partial charge in [0.05, 0.1) is 24.4 Å². The average molecular weight is 364 g/mol. The van der Waals surface area contributed by atoms with Crippen LogP contribution in [0.1, 0.15) is 39.0 Å². The number of hydrogen-bond donors (Lipinski definition) is 1. The molecule has 2 aromatic heterocycles. The summed E-state index contributed by atoms with van der Waals surface area (Å²) >= 11 is 0. The summed E-state index contributed by atoms with van der Waals surface area (Å²) in [5.74, 6) is -0.405. The number of benzene rings is 1. The minimum absolute atomic E-state index is 0.207. The normalized spacial score (nSPS) is 10.4. The fraction of sp³-hybridized carbons (Fsp3) is 0.200. The van der Waals surface area contributed by atoms with E-state index in [2.05, 4.69) is 15.4 Å². The van der Waals surface area contributed by atoms with E-state index in [4.69, 9.17) is 4.74 Å². The van der Waals surface area contributed by atoms with E-state index in [9.17, 15) is 9.59 Å². The zero-order valence-electron chi connectivity index (χ0n) is 15.2. The Balaban J connectivity index is 1.67. The predicted octanol–water partition coefficient (Wildman–Crippen LogP) is 3.06. The first kappa shape index (κ1) is 18.3. The maximum atomic E-state index is 12.4. The van der Waals surface area contributed by atoms with Gasteiger partial charge in [-0.2, -0.15) is 5.10 Å². The van der Waals surface area contributed by atoms with E-state index < -0.39 is 11.9 Å². The fourth-order valence-electron chi connectivity index (χ4n) is 2.58. The van der Waals surface area contributed by atoms with Crippen LogP contribution < -0.4 is 5.32 Å². The first-order valence-electron chi connectivity index (χ1n) is 8.60. The van der Waals surface area contributed by atoms with Crippen LogP contribution in [-0.4, -0.2) is 33.2 Å². The number of hydrogen-bond acceptors (Lipinski definition) is 5. The molecule has 0 atom stereocenters. The number of esters is 1. The molecule has 3 aromatic rings. The molecule has 0 bridgehead atoms. The van der Waals surface area contributed by atoms with Crippen molar-refractivity contribution in [1.82, 2.24) is 14.8 Å². The van der Waals surface area contributed by atoms with Crippen molar-refractivity contribution in [3.63, 3.8) is 0 Å². The number of pyridine rings is 1. The van der Waals surface area contributed by atoms with Gasteiger partial charge in [0.2, 0.25) is 0 Å². The molecule has 7 nitrogen and oxygen atoms in total. The van der Waals surface area contributed by atoms with Gasteiger partial charge in [-0.3, -0.25) is 9.48 Å². The number of nitrogens with one attached hydrogen (secondary N) is 1. The van der Waals surface area contributed by atoms with Crippen LogP contribution in [0, 0.1) is 6.92 Å². The topological polar surface area (TPSA) is 86.1 Å². The van der Waals surface area contributed by atoms with E-state index in [1.54, 1.807) is 36.9 Å². The number of carbonyl (C=O) groups excluding carboxylic acids is 2. The summed E-state index contributed by atoms with van der Waals surface area (Å²) in [4.78, 5) is 28.4. The highest BCUT2D eigenvalue weighted by atomic mass is 16.5. The number of aryl methyl sites for hydroxylation is 1. The highest BCUT2D eigenvalue weighted by molar-refractivity contribution is 6.03. The maximum Gasteiger partial charge on any atom is 0.339 e. The molecular formula is C20H20N4O3. The molecule has 7 heteroatoms. The van der Waals surface area contributed by atoms with Crippen molar-refractivity contribution in [1.29, 1.82) is 0 Å². The number of rotatable bonds is 6. The molecule has 1 aromatic carbocycles. The molecule has 1 N–H and O–H groups in total. The van der Waals surface area contributed by atoms with Gasteiger partial charge in [-0.1, -0.05) is 30.3 Å². The van der Waals surface area contributed by atoms with Crippen molar-refractivity contribution < 1.29 is 14.3 Å². The van der Waals surface area contributed by atoms with Gasteiger partial charge in [0.25, 0.3) is 5.91 Å². The Bertz CT molecular complexity index is 951. The lowest BCUT2D eigenvalue weighted by atomic mass is 10.2. The molecule has 3 rings (SSSR count). The molecule has 138 valence electrons. The summed E-state index contributed by atoms with van der Waals surface area (Å²) < 4.78 is 6.71. The number of amides is 1. The van der Waals surface area contributed by atoms with Gasteiger partial charge >= 0.3 is 5.97 Å². The van der Waals surface area contributed by atoms with Gasteiger partial charge in [-0.15, -0.1) is 0 Å². The molecule has 0 aliphatic heterocycles. The van der Waals surface area contributed by atoms with E-state index >= 15 is 0 Å². The fourth-order valence-corrected chi connectivity index (χ4v) is 2.58. The molecule has 27 heavy (non-hydrogen) atoms. The van der Waals surface area contributed by atoms with Crippen molar-refractivity contribution in [3.05, 3.63) is 77.2 Å². The van der Waals surface area contributed by atoms with Gasteiger partial charge in [0.1, 0.15) is 5.69 Å². The van der Waals surface area contributed by atoms with Crippen LogP contribution in [-0.2, 0) is 11.3 Å². The molecule has 0 spiro atoms. The minimum atomic E-state index is -0.450. The zero-order valence-corrected chi connectivity index (χ0v) is 15.2.